The average Bonchev–Trinajstić information content (AvgIpc) is 2.66. The topological polar surface area (TPSA) is 35.6 Å². The average molecular weight is 279 g/mol. The molecule has 0 aromatic carbocycles. The molecule has 0 aromatic heterocycles. The summed E-state index contributed by atoms with van der Waals surface area (Å²) in [5.74, 6) is 1.01. The second-order valence-corrected chi connectivity index (χ2v) is 7.06. The Hall–Kier alpha value is -0.610. The third kappa shape index (κ3) is 2.86. The van der Waals surface area contributed by atoms with Crippen LogP contribution in [0.3, 0.4) is 0 Å². The Bertz CT molecular complexity index is 360. The van der Waals surface area contributed by atoms with Crippen LogP contribution in [0.1, 0.15) is 45.4 Å². The number of nitrogens with zero attached hydrogens (tertiary/aromatic N) is 2. The second kappa shape index (κ2) is 6.02. The highest BCUT2D eigenvalue weighted by Crippen LogP contribution is 2.29. The Kier molecular flexibility index (Phi) is 4.32. The van der Waals surface area contributed by atoms with Crippen molar-refractivity contribution in [3.63, 3.8) is 0 Å². The summed E-state index contributed by atoms with van der Waals surface area (Å²) in [6.45, 7) is 5.27. The predicted octanol–water partition coefficient (Wildman–Crippen LogP) is 1.46. The highest BCUT2D eigenvalue weighted by atomic mass is 16.2. The van der Waals surface area contributed by atoms with Crippen molar-refractivity contribution in [2.24, 2.45) is 5.92 Å². The number of likely N-dealkylation sites (N-methyl/N-ethyl adjacent to an activating group) is 1. The van der Waals surface area contributed by atoms with E-state index in [0.29, 0.717) is 36.4 Å². The SMILES string of the molecule is CC1CCCNC1CC(=O)N1CCC2CCC(C1)N2C. The van der Waals surface area contributed by atoms with Gasteiger partial charge in [-0.3, -0.25) is 9.69 Å². The quantitative estimate of drug-likeness (QED) is 0.831. The first kappa shape index (κ1) is 14.3. The van der Waals surface area contributed by atoms with Crippen LogP contribution in [-0.2, 0) is 4.79 Å². The lowest BCUT2D eigenvalue weighted by atomic mass is 9.90. The van der Waals surface area contributed by atoms with Crippen LogP contribution in [0.15, 0.2) is 0 Å². The molecule has 0 radical (unpaired) electrons. The molecular formula is C16H29N3O. The second-order valence-electron chi connectivity index (χ2n) is 7.06. The van der Waals surface area contributed by atoms with Gasteiger partial charge in [-0.25, -0.2) is 0 Å². The molecule has 3 aliphatic rings. The van der Waals surface area contributed by atoms with E-state index >= 15 is 0 Å². The van der Waals surface area contributed by atoms with Crippen molar-refractivity contribution in [3.05, 3.63) is 0 Å². The summed E-state index contributed by atoms with van der Waals surface area (Å²) >= 11 is 0. The Labute approximate surface area is 122 Å². The van der Waals surface area contributed by atoms with Gasteiger partial charge in [-0.2, -0.15) is 0 Å². The Morgan fingerprint density at radius 1 is 1.20 bits per heavy atom. The van der Waals surface area contributed by atoms with E-state index < -0.39 is 0 Å². The molecule has 0 saturated carbocycles. The number of amides is 1. The number of nitrogens with one attached hydrogen (secondary N) is 1. The van der Waals surface area contributed by atoms with Crippen molar-refractivity contribution >= 4 is 5.91 Å². The first-order valence-corrected chi connectivity index (χ1v) is 8.38. The molecule has 0 spiro atoms. The maximum absolute atomic E-state index is 12.6. The van der Waals surface area contributed by atoms with E-state index in [9.17, 15) is 4.79 Å². The van der Waals surface area contributed by atoms with Gasteiger partial charge in [0.25, 0.3) is 0 Å². The van der Waals surface area contributed by atoms with Gasteiger partial charge in [0.15, 0.2) is 0 Å². The van der Waals surface area contributed by atoms with Crippen molar-refractivity contribution in [2.45, 2.75) is 63.6 Å². The summed E-state index contributed by atoms with van der Waals surface area (Å²) < 4.78 is 0. The first-order chi connectivity index (χ1) is 9.65. The molecule has 0 aliphatic carbocycles. The monoisotopic (exact) mass is 279 g/mol. The van der Waals surface area contributed by atoms with Gasteiger partial charge in [-0.1, -0.05) is 6.92 Å². The van der Waals surface area contributed by atoms with E-state index in [1.807, 2.05) is 0 Å². The van der Waals surface area contributed by atoms with Gasteiger partial charge in [0.2, 0.25) is 5.91 Å². The van der Waals surface area contributed by atoms with Crippen LogP contribution in [0.4, 0.5) is 0 Å². The molecule has 3 saturated heterocycles. The Morgan fingerprint density at radius 3 is 2.80 bits per heavy atom. The molecule has 4 atom stereocenters. The van der Waals surface area contributed by atoms with Crippen LogP contribution in [0, 0.1) is 5.92 Å². The van der Waals surface area contributed by atoms with Gasteiger partial charge in [0, 0.05) is 37.6 Å². The number of likely N-dealkylation sites (tertiary alicyclic amines) is 1. The van der Waals surface area contributed by atoms with Crippen LogP contribution in [0.25, 0.3) is 0 Å². The molecule has 4 unspecified atom stereocenters. The lowest BCUT2D eigenvalue weighted by molar-refractivity contribution is -0.132. The molecule has 3 rings (SSSR count). The largest absolute Gasteiger partial charge is 0.341 e. The third-order valence-electron chi connectivity index (χ3n) is 5.83. The van der Waals surface area contributed by atoms with E-state index in [1.165, 1.54) is 25.7 Å². The minimum Gasteiger partial charge on any atom is -0.341 e. The fraction of sp³-hybridized carbons (Fsp3) is 0.938. The summed E-state index contributed by atoms with van der Waals surface area (Å²) in [7, 11) is 2.24. The zero-order chi connectivity index (χ0) is 14.1. The minimum atomic E-state index is 0.372. The molecule has 3 heterocycles. The van der Waals surface area contributed by atoms with E-state index in [4.69, 9.17) is 0 Å². The van der Waals surface area contributed by atoms with E-state index in [0.717, 1.165) is 26.1 Å². The number of piperidine rings is 1. The first-order valence-electron chi connectivity index (χ1n) is 8.38. The smallest absolute Gasteiger partial charge is 0.224 e. The molecular weight excluding hydrogens is 250 g/mol. The van der Waals surface area contributed by atoms with Crippen molar-refractivity contribution in [1.82, 2.24) is 15.1 Å². The molecule has 2 bridgehead atoms. The summed E-state index contributed by atoms with van der Waals surface area (Å²) in [5, 5.41) is 3.54. The van der Waals surface area contributed by atoms with Crippen molar-refractivity contribution in [3.8, 4) is 0 Å². The molecule has 20 heavy (non-hydrogen) atoms. The van der Waals surface area contributed by atoms with E-state index in [2.05, 4.69) is 29.1 Å². The number of carbonyl (C=O) groups excluding carboxylic acids is 1. The van der Waals surface area contributed by atoms with Crippen LogP contribution in [0.2, 0.25) is 0 Å². The highest BCUT2D eigenvalue weighted by molar-refractivity contribution is 5.77. The maximum Gasteiger partial charge on any atom is 0.224 e. The van der Waals surface area contributed by atoms with Crippen LogP contribution in [0.5, 0.6) is 0 Å². The Balaban J connectivity index is 1.57. The highest BCUT2D eigenvalue weighted by Gasteiger charge is 2.36. The van der Waals surface area contributed by atoms with E-state index in [-0.39, 0.29) is 0 Å². The molecule has 1 N–H and O–H groups in total. The molecule has 114 valence electrons. The Morgan fingerprint density at radius 2 is 2.00 bits per heavy atom. The van der Waals surface area contributed by atoms with Crippen LogP contribution in [-0.4, -0.2) is 60.5 Å². The summed E-state index contributed by atoms with van der Waals surface area (Å²) in [5.41, 5.74) is 0. The predicted molar refractivity (Wildman–Crippen MR) is 80.6 cm³/mol. The van der Waals surface area contributed by atoms with Gasteiger partial charge < -0.3 is 10.2 Å². The summed E-state index contributed by atoms with van der Waals surface area (Å²) in [6, 6.07) is 1.71. The zero-order valence-corrected chi connectivity index (χ0v) is 13.0. The number of fused-ring (bicyclic) bond motifs is 2. The van der Waals surface area contributed by atoms with E-state index in [1.54, 1.807) is 0 Å². The van der Waals surface area contributed by atoms with Gasteiger partial charge in [-0.05, 0) is 51.6 Å². The molecule has 3 fully saturated rings. The van der Waals surface area contributed by atoms with Crippen molar-refractivity contribution in [2.75, 3.05) is 26.7 Å². The van der Waals surface area contributed by atoms with Gasteiger partial charge >= 0.3 is 0 Å². The number of carbonyl (C=O) groups is 1. The third-order valence-corrected chi connectivity index (χ3v) is 5.83. The number of hydrogen-bond acceptors (Lipinski definition) is 3. The zero-order valence-electron chi connectivity index (χ0n) is 13.0. The fourth-order valence-corrected chi connectivity index (χ4v) is 4.24. The number of rotatable bonds is 2. The lowest BCUT2D eigenvalue weighted by Gasteiger charge is -2.32. The molecule has 4 heteroatoms. The van der Waals surface area contributed by atoms with Gasteiger partial charge in [-0.15, -0.1) is 0 Å². The molecule has 1 amide bonds. The van der Waals surface area contributed by atoms with Crippen molar-refractivity contribution in [1.29, 1.82) is 0 Å². The standard InChI is InChI=1S/C16H29N3O/c1-12-4-3-8-17-15(12)10-16(20)19-9-7-13-5-6-14(11-19)18(13)2/h12-15,17H,3-11H2,1-2H3. The van der Waals surface area contributed by atoms with Gasteiger partial charge in [0.05, 0.1) is 0 Å². The number of hydrogen-bond donors (Lipinski definition) is 1. The lowest BCUT2D eigenvalue weighted by Crippen LogP contribution is -2.46. The maximum atomic E-state index is 12.6. The van der Waals surface area contributed by atoms with Crippen LogP contribution >= 0.6 is 0 Å². The fourth-order valence-electron chi connectivity index (χ4n) is 4.24. The normalized spacial score (nSPS) is 38.8. The minimum absolute atomic E-state index is 0.372. The van der Waals surface area contributed by atoms with Crippen LogP contribution < -0.4 is 5.32 Å². The summed E-state index contributed by atoms with van der Waals surface area (Å²) in [4.78, 5) is 17.3. The van der Waals surface area contributed by atoms with Gasteiger partial charge in [0.1, 0.15) is 0 Å². The molecule has 4 nitrogen and oxygen atoms in total. The van der Waals surface area contributed by atoms with Crippen molar-refractivity contribution < 1.29 is 4.79 Å². The molecule has 3 aliphatic heterocycles. The molecule has 0 aromatic rings. The summed E-state index contributed by atoms with van der Waals surface area (Å²) in [6.07, 6.45) is 6.96.